The first-order chi connectivity index (χ1) is 71.5. The SMILES string of the molecule is Cc1cccc(N(c2ccccc2)c2ccc3cc4c(cc3c2)oc2cc3cc(N(c5ccccc5)c5cccc(C)c5)ccc3cc24)c1.Cc1ccccc1N(c1ccccc1)c1ccc2cc3c(cc2c1)oc1cc2cc(N(c4ccccc4)c4ccccc4C)ccc2cc13.c1ccc(N(c2ccccc2)c2ccc3cc4c(cc3c2)oc2cc3cc(N(c5ccccc5)c5ccccc5)ccc3cc24)cc1. The van der Waals surface area contributed by atoms with Gasteiger partial charge in [-0.15, -0.1) is 0 Å². The summed E-state index contributed by atoms with van der Waals surface area (Å²) in [7, 11) is 0. The predicted molar refractivity (Wildman–Crippen MR) is 613 cm³/mol. The topological polar surface area (TPSA) is 58.9 Å². The smallest absolute Gasteiger partial charge is 0.136 e. The Morgan fingerprint density at radius 3 is 0.503 bits per heavy atom. The lowest BCUT2D eigenvalue weighted by atomic mass is 10.0. The molecule has 24 aromatic carbocycles. The summed E-state index contributed by atoms with van der Waals surface area (Å²) in [5.74, 6) is 0. The molecule has 9 nitrogen and oxygen atoms in total. The summed E-state index contributed by atoms with van der Waals surface area (Å²) in [6, 6.07) is 186. The molecule has 0 saturated carbocycles. The maximum atomic E-state index is 6.62. The Kier molecular flexibility index (Phi) is 22.7. The highest BCUT2D eigenvalue weighted by Crippen LogP contribution is 2.49. The third kappa shape index (κ3) is 17.1. The average molecular weight is 1860 g/mol. The molecule has 0 N–H and O–H groups in total. The van der Waals surface area contributed by atoms with Crippen LogP contribution in [0.25, 0.3) is 130 Å². The standard InChI is InChI=1S/2C46H34N2O.C44H30N2O/c1-31-13-9-11-19-43(31)47(37-15-5-3-6-16-37)39-23-21-33-27-41-42-28-34-22-24-40(26-36(34)30-46(42)49-45(41)29-35(33)25-39)48(38-17-7-4-8-18-38)44-20-12-10-14-32(44)2;1-31-11-9-17-39(23-31)47(37-13-5-3-6-14-37)41-21-19-33-27-43-44-28-34-20-22-42(26-36(34)30-46(44)49-45(43)29-35(33)25-41)48(38-15-7-4-8-16-38)40-18-10-12-32(2)24-40;1-5-13-35(14-6-1)45(36-15-7-2-8-16-36)39-23-21-31-27-41-42-28-32-22-24-40(26-34(32)30-44(42)47-43(41)29-33(31)25-39)46(37-17-9-3-10-18-37)38-19-11-4-12-20-38/h2*3-30H,1-2H3;1-30H. The van der Waals surface area contributed by atoms with Gasteiger partial charge in [0.1, 0.15) is 33.5 Å². The van der Waals surface area contributed by atoms with Crippen LogP contribution in [0.3, 0.4) is 0 Å². The molecular formula is C136H98N6O3. The molecule has 0 atom stereocenters. The van der Waals surface area contributed by atoms with Crippen molar-refractivity contribution in [1.29, 1.82) is 0 Å². The van der Waals surface area contributed by atoms with Crippen LogP contribution in [0.2, 0.25) is 0 Å². The largest absolute Gasteiger partial charge is 0.456 e. The Morgan fingerprint density at radius 2 is 0.297 bits per heavy atom. The number of hydrogen-bond acceptors (Lipinski definition) is 9. The van der Waals surface area contributed by atoms with Gasteiger partial charge in [0.25, 0.3) is 0 Å². The summed E-state index contributed by atoms with van der Waals surface area (Å²) >= 11 is 0. The molecule has 27 rings (SSSR count). The Labute approximate surface area is 841 Å². The fourth-order valence-corrected chi connectivity index (χ4v) is 21.0. The molecule has 3 heterocycles. The van der Waals surface area contributed by atoms with E-state index in [-0.39, 0.29) is 0 Å². The number of fused-ring (bicyclic) bond motifs is 15. The number of rotatable bonds is 18. The molecular weight excluding hydrogens is 1770 g/mol. The first-order valence-corrected chi connectivity index (χ1v) is 49.4. The Balaban J connectivity index is 0.000000114. The van der Waals surface area contributed by atoms with Crippen LogP contribution in [-0.2, 0) is 0 Å². The van der Waals surface area contributed by atoms with Crippen molar-refractivity contribution in [2.45, 2.75) is 27.7 Å². The number of benzene rings is 24. The van der Waals surface area contributed by atoms with E-state index in [4.69, 9.17) is 13.3 Å². The molecule has 0 bridgehead atoms. The van der Waals surface area contributed by atoms with Crippen molar-refractivity contribution < 1.29 is 13.3 Å². The second-order valence-corrected chi connectivity index (χ2v) is 37.5. The van der Waals surface area contributed by atoms with Crippen LogP contribution in [0.4, 0.5) is 102 Å². The van der Waals surface area contributed by atoms with E-state index < -0.39 is 0 Å². The van der Waals surface area contributed by atoms with Crippen LogP contribution in [0.5, 0.6) is 0 Å². The molecule has 0 unspecified atom stereocenters. The second kappa shape index (κ2) is 37.7. The van der Waals surface area contributed by atoms with Crippen LogP contribution in [0.1, 0.15) is 22.3 Å². The molecule has 0 fully saturated rings. The fourth-order valence-electron chi connectivity index (χ4n) is 21.0. The molecule has 690 valence electrons. The zero-order valence-electron chi connectivity index (χ0n) is 80.6. The van der Waals surface area contributed by atoms with Gasteiger partial charge >= 0.3 is 0 Å². The molecule has 0 radical (unpaired) electrons. The monoisotopic (exact) mass is 1860 g/mol. The number of hydrogen-bond donors (Lipinski definition) is 0. The minimum atomic E-state index is 0.890. The summed E-state index contributed by atoms with van der Waals surface area (Å²) in [4.78, 5) is 13.9. The van der Waals surface area contributed by atoms with E-state index in [0.717, 1.165) is 201 Å². The summed E-state index contributed by atoms with van der Waals surface area (Å²) in [5.41, 5.74) is 30.4. The van der Waals surface area contributed by atoms with Crippen molar-refractivity contribution in [1.82, 2.24) is 0 Å². The Bertz CT molecular complexity index is 8910. The summed E-state index contributed by atoms with van der Waals surface area (Å²) in [6.45, 7) is 8.61. The molecule has 0 aliphatic carbocycles. The molecule has 0 aliphatic rings. The van der Waals surface area contributed by atoms with Gasteiger partial charge in [-0.2, -0.15) is 0 Å². The lowest BCUT2D eigenvalue weighted by Crippen LogP contribution is -2.11. The van der Waals surface area contributed by atoms with Gasteiger partial charge in [-0.25, -0.2) is 0 Å². The lowest BCUT2D eigenvalue weighted by molar-refractivity contribution is 0.669. The van der Waals surface area contributed by atoms with E-state index in [9.17, 15) is 0 Å². The van der Waals surface area contributed by atoms with Crippen LogP contribution in [0, 0.1) is 27.7 Å². The number of anilines is 18. The molecule has 145 heavy (non-hydrogen) atoms. The van der Waals surface area contributed by atoms with Gasteiger partial charge in [-0.1, -0.05) is 243 Å². The van der Waals surface area contributed by atoms with Gasteiger partial charge in [-0.05, 0) is 394 Å². The van der Waals surface area contributed by atoms with Crippen molar-refractivity contribution in [2.24, 2.45) is 0 Å². The second-order valence-electron chi connectivity index (χ2n) is 37.5. The van der Waals surface area contributed by atoms with E-state index in [1.807, 2.05) is 0 Å². The summed E-state index contributed by atoms with van der Waals surface area (Å²) < 4.78 is 19.8. The Morgan fingerprint density at radius 1 is 0.124 bits per heavy atom. The fraction of sp³-hybridized carbons (Fsp3) is 0.0294. The predicted octanol–water partition coefficient (Wildman–Crippen LogP) is 39.7. The number of para-hydroxylation sites is 10. The van der Waals surface area contributed by atoms with Gasteiger partial charge in [0.05, 0.1) is 0 Å². The molecule has 9 heteroatoms. The van der Waals surface area contributed by atoms with Crippen LogP contribution in [0.15, 0.2) is 535 Å². The highest BCUT2D eigenvalue weighted by molar-refractivity contribution is 6.18. The first kappa shape index (κ1) is 87.5. The first-order valence-electron chi connectivity index (χ1n) is 49.4. The van der Waals surface area contributed by atoms with Crippen LogP contribution >= 0.6 is 0 Å². The Hall–Kier alpha value is -19.0. The molecule has 0 aliphatic heterocycles. The van der Waals surface area contributed by atoms with Crippen molar-refractivity contribution in [2.75, 3.05) is 29.4 Å². The van der Waals surface area contributed by atoms with E-state index in [1.54, 1.807) is 0 Å². The van der Waals surface area contributed by atoms with Crippen molar-refractivity contribution in [3.63, 3.8) is 0 Å². The van der Waals surface area contributed by atoms with E-state index >= 15 is 0 Å². The summed E-state index contributed by atoms with van der Waals surface area (Å²) in [5, 5.41) is 20.7. The lowest BCUT2D eigenvalue weighted by Gasteiger charge is -2.27. The van der Waals surface area contributed by atoms with E-state index in [2.05, 4.69) is 579 Å². The zero-order valence-corrected chi connectivity index (χ0v) is 80.6. The van der Waals surface area contributed by atoms with Crippen LogP contribution in [-0.4, -0.2) is 0 Å². The third-order valence-corrected chi connectivity index (χ3v) is 28.0. The quantitative estimate of drug-likeness (QED) is 0.0836. The van der Waals surface area contributed by atoms with Crippen molar-refractivity contribution in [3.8, 4) is 0 Å². The molecule has 27 aromatic rings. The minimum absolute atomic E-state index is 0.890. The normalized spacial score (nSPS) is 11.4. The van der Waals surface area contributed by atoms with Gasteiger partial charge in [0.15, 0.2) is 0 Å². The molecule has 0 spiro atoms. The molecule has 0 saturated heterocycles. The van der Waals surface area contributed by atoms with E-state index in [0.29, 0.717) is 0 Å². The molecule has 0 amide bonds. The zero-order chi connectivity index (χ0) is 97.0. The van der Waals surface area contributed by atoms with Crippen molar-refractivity contribution in [3.05, 3.63) is 544 Å². The minimum Gasteiger partial charge on any atom is -0.456 e. The maximum Gasteiger partial charge on any atom is 0.136 e. The molecule has 3 aromatic heterocycles. The van der Waals surface area contributed by atoms with Gasteiger partial charge < -0.3 is 42.7 Å². The third-order valence-electron chi connectivity index (χ3n) is 28.0. The van der Waals surface area contributed by atoms with Gasteiger partial charge in [-0.3, -0.25) is 0 Å². The maximum absolute atomic E-state index is 6.62. The average Bonchev–Trinajstić information content (AvgIpc) is 1.60. The van der Waals surface area contributed by atoms with Gasteiger partial charge in [0.2, 0.25) is 0 Å². The van der Waals surface area contributed by atoms with Gasteiger partial charge in [0, 0.05) is 135 Å². The van der Waals surface area contributed by atoms with E-state index in [1.165, 1.54) is 54.6 Å². The highest BCUT2D eigenvalue weighted by Gasteiger charge is 2.25. The number of furan rings is 3. The highest BCUT2D eigenvalue weighted by atomic mass is 16.3. The van der Waals surface area contributed by atoms with Crippen molar-refractivity contribution >= 4 is 233 Å². The summed E-state index contributed by atoms with van der Waals surface area (Å²) in [6.07, 6.45) is 0. The number of aryl methyl sites for hydroxylation is 4. The van der Waals surface area contributed by atoms with Crippen LogP contribution < -0.4 is 29.4 Å². The number of nitrogens with zero attached hydrogens (tertiary/aromatic N) is 6.